The van der Waals surface area contributed by atoms with Crippen LogP contribution in [0.2, 0.25) is 0 Å². The molecule has 0 aliphatic carbocycles. The van der Waals surface area contributed by atoms with Gasteiger partial charge in [-0.2, -0.15) is 0 Å². The second-order valence-corrected chi connectivity index (χ2v) is 3.99. The van der Waals surface area contributed by atoms with Crippen LogP contribution in [0.15, 0.2) is 39.4 Å². The van der Waals surface area contributed by atoms with Crippen molar-refractivity contribution < 1.29 is 19.4 Å². The first-order chi connectivity index (χ1) is 7.59. The van der Waals surface area contributed by atoms with Crippen LogP contribution in [0.4, 0.5) is 0 Å². The van der Waals surface area contributed by atoms with Crippen LogP contribution < -0.4 is 0 Å². The highest BCUT2D eigenvalue weighted by Crippen LogP contribution is 2.31. The van der Waals surface area contributed by atoms with Crippen molar-refractivity contribution in [2.45, 2.75) is 0 Å². The Morgan fingerprint density at radius 2 is 2.06 bits per heavy atom. The number of phenols is 1. The van der Waals surface area contributed by atoms with Gasteiger partial charge in [0.1, 0.15) is 17.1 Å². The van der Waals surface area contributed by atoms with Crippen molar-refractivity contribution in [3.8, 4) is 17.1 Å². The number of hydrogen-bond donors (Lipinski definition) is 2. The molecule has 0 atom stereocenters. The lowest BCUT2D eigenvalue weighted by atomic mass is 10.1. The van der Waals surface area contributed by atoms with Gasteiger partial charge in [0.05, 0.1) is 10.7 Å². The minimum Gasteiger partial charge on any atom is -0.507 e. The minimum absolute atomic E-state index is 0.152. The van der Waals surface area contributed by atoms with Gasteiger partial charge < -0.3 is 14.6 Å². The van der Waals surface area contributed by atoms with Crippen molar-refractivity contribution in [1.82, 2.24) is 0 Å². The summed E-state index contributed by atoms with van der Waals surface area (Å²) in [5, 5.41) is 18.2. The molecule has 82 valence electrons. The van der Waals surface area contributed by atoms with Crippen molar-refractivity contribution in [2.24, 2.45) is 0 Å². The maximum atomic E-state index is 10.8. The van der Waals surface area contributed by atoms with Crippen molar-refractivity contribution in [3.05, 3.63) is 40.6 Å². The first kappa shape index (κ1) is 10.8. The molecule has 0 saturated heterocycles. The highest BCUT2D eigenvalue weighted by Gasteiger charge is 2.13. The number of halogens is 1. The Bertz CT molecular complexity index is 545. The lowest BCUT2D eigenvalue weighted by Gasteiger charge is -2.02. The Balaban J connectivity index is 2.56. The Kier molecular flexibility index (Phi) is 2.70. The van der Waals surface area contributed by atoms with E-state index in [0.29, 0.717) is 11.3 Å². The molecule has 1 aromatic carbocycles. The predicted molar refractivity (Wildman–Crippen MR) is 60.5 cm³/mol. The predicted octanol–water partition coefficient (Wildman–Crippen LogP) is 3.11. The van der Waals surface area contributed by atoms with Gasteiger partial charge in [-0.05, 0) is 40.2 Å². The van der Waals surface area contributed by atoms with Gasteiger partial charge in [-0.25, -0.2) is 4.79 Å². The largest absolute Gasteiger partial charge is 0.507 e. The van der Waals surface area contributed by atoms with Crippen molar-refractivity contribution >= 4 is 21.9 Å². The first-order valence-electron chi connectivity index (χ1n) is 4.39. The summed E-state index contributed by atoms with van der Waals surface area (Å²) in [6.07, 6.45) is 1.49. The first-order valence-corrected chi connectivity index (χ1v) is 5.18. The van der Waals surface area contributed by atoms with E-state index >= 15 is 0 Å². The second-order valence-electron chi connectivity index (χ2n) is 3.13. The summed E-state index contributed by atoms with van der Waals surface area (Å²) < 4.78 is 5.93. The third-order valence-electron chi connectivity index (χ3n) is 2.11. The number of hydrogen-bond acceptors (Lipinski definition) is 3. The highest BCUT2D eigenvalue weighted by atomic mass is 79.9. The van der Waals surface area contributed by atoms with Crippen LogP contribution in [0, 0.1) is 0 Å². The fraction of sp³-hybridized carbons (Fsp3) is 0. The Morgan fingerprint density at radius 3 is 2.62 bits per heavy atom. The Morgan fingerprint density at radius 1 is 1.31 bits per heavy atom. The molecule has 0 spiro atoms. The third kappa shape index (κ3) is 1.81. The van der Waals surface area contributed by atoms with Gasteiger partial charge in [-0.15, -0.1) is 0 Å². The molecule has 0 amide bonds. The average molecular weight is 283 g/mol. The maximum Gasteiger partial charge on any atom is 0.339 e. The molecule has 16 heavy (non-hydrogen) atoms. The van der Waals surface area contributed by atoms with Crippen LogP contribution in [0.3, 0.4) is 0 Å². The molecule has 0 aliphatic rings. The molecule has 2 aromatic rings. The van der Waals surface area contributed by atoms with Crippen LogP contribution in [0.5, 0.6) is 5.75 Å². The summed E-state index contributed by atoms with van der Waals surface area (Å²) in [5.74, 6) is -0.913. The summed E-state index contributed by atoms with van der Waals surface area (Å²) in [6.45, 7) is 0. The van der Waals surface area contributed by atoms with E-state index in [4.69, 9.17) is 9.52 Å². The zero-order chi connectivity index (χ0) is 11.7. The number of carboxylic acid groups (broad SMARTS) is 1. The van der Waals surface area contributed by atoms with E-state index < -0.39 is 5.97 Å². The molecular weight excluding hydrogens is 276 g/mol. The number of carbonyl (C=O) groups is 1. The zero-order valence-corrected chi connectivity index (χ0v) is 9.56. The molecule has 1 heterocycles. The van der Waals surface area contributed by atoms with E-state index in [2.05, 4.69) is 15.9 Å². The van der Waals surface area contributed by atoms with Crippen molar-refractivity contribution in [3.63, 3.8) is 0 Å². The fourth-order valence-electron chi connectivity index (χ4n) is 1.35. The molecule has 2 rings (SSSR count). The molecule has 0 saturated carbocycles. The van der Waals surface area contributed by atoms with E-state index in [1.807, 2.05) is 0 Å². The normalized spacial score (nSPS) is 10.3. The topological polar surface area (TPSA) is 70.7 Å². The van der Waals surface area contributed by atoms with Gasteiger partial charge in [0.15, 0.2) is 0 Å². The van der Waals surface area contributed by atoms with Crippen LogP contribution in [0.1, 0.15) is 10.4 Å². The maximum absolute atomic E-state index is 10.8. The molecule has 0 radical (unpaired) electrons. The molecule has 0 bridgehead atoms. The van der Waals surface area contributed by atoms with E-state index in [-0.39, 0.29) is 11.3 Å². The van der Waals surface area contributed by atoms with Crippen LogP contribution in [0.25, 0.3) is 11.3 Å². The number of aromatic hydroxyl groups is 1. The van der Waals surface area contributed by atoms with E-state index in [0.717, 1.165) is 4.47 Å². The summed E-state index contributed by atoms with van der Waals surface area (Å²) in [7, 11) is 0. The lowest BCUT2D eigenvalue weighted by Crippen LogP contribution is -1.96. The third-order valence-corrected chi connectivity index (χ3v) is 2.73. The van der Waals surface area contributed by atoms with Crippen molar-refractivity contribution in [1.29, 1.82) is 0 Å². The molecule has 4 nitrogen and oxygen atoms in total. The van der Waals surface area contributed by atoms with Gasteiger partial charge in [0.25, 0.3) is 0 Å². The molecule has 0 fully saturated rings. The van der Waals surface area contributed by atoms with Gasteiger partial charge >= 0.3 is 5.97 Å². The number of aromatic carboxylic acids is 1. The lowest BCUT2D eigenvalue weighted by molar-refractivity contribution is 0.0694. The standard InChI is InChI=1S/C11H7BrO4/c12-8-3-4-16-10(8)6-1-2-9(13)7(5-6)11(14)15/h1-5,13H,(H,14,15). The van der Waals surface area contributed by atoms with Gasteiger partial charge in [0.2, 0.25) is 0 Å². The summed E-state index contributed by atoms with van der Waals surface area (Å²) in [5.41, 5.74) is 0.438. The summed E-state index contributed by atoms with van der Waals surface area (Å²) in [6, 6.07) is 5.99. The smallest absolute Gasteiger partial charge is 0.339 e. The minimum atomic E-state index is -1.18. The molecular formula is C11H7BrO4. The van der Waals surface area contributed by atoms with E-state index in [1.54, 1.807) is 12.1 Å². The second kappa shape index (κ2) is 4.02. The quantitative estimate of drug-likeness (QED) is 0.888. The van der Waals surface area contributed by atoms with Gasteiger partial charge in [-0.3, -0.25) is 0 Å². The van der Waals surface area contributed by atoms with Crippen LogP contribution in [-0.4, -0.2) is 16.2 Å². The zero-order valence-electron chi connectivity index (χ0n) is 7.98. The number of furan rings is 1. The monoisotopic (exact) mass is 282 g/mol. The van der Waals surface area contributed by atoms with E-state index in [9.17, 15) is 9.90 Å². The van der Waals surface area contributed by atoms with Crippen LogP contribution in [-0.2, 0) is 0 Å². The summed E-state index contributed by atoms with van der Waals surface area (Å²) >= 11 is 3.28. The highest BCUT2D eigenvalue weighted by molar-refractivity contribution is 9.10. The average Bonchev–Trinajstić information content (AvgIpc) is 2.65. The van der Waals surface area contributed by atoms with Crippen LogP contribution >= 0.6 is 15.9 Å². The number of rotatable bonds is 2. The number of carboxylic acids is 1. The summed E-state index contributed by atoms with van der Waals surface area (Å²) in [4.78, 5) is 10.8. The Labute approximate surface area is 99.3 Å². The Hall–Kier alpha value is -1.75. The SMILES string of the molecule is O=C(O)c1cc(-c2occc2Br)ccc1O. The van der Waals surface area contributed by atoms with Crippen molar-refractivity contribution in [2.75, 3.05) is 0 Å². The van der Waals surface area contributed by atoms with Gasteiger partial charge in [0, 0.05) is 5.56 Å². The number of benzene rings is 1. The molecule has 0 aliphatic heterocycles. The fourth-order valence-corrected chi connectivity index (χ4v) is 1.78. The molecule has 1 aromatic heterocycles. The van der Waals surface area contributed by atoms with E-state index in [1.165, 1.54) is 18.4 Å². The molecule has 5 heteroatoms. The van der Waals surface area contributed by atoms with Gasteiger partial charge in [-0.1, -0.05) is 0 Å². The molecule has 0 unspecified atom stereocenters. The molecule has 2 N–H and O–H groups in total.